The third kappa shape index (κ3) is 2.88. The van der Waals surface area contributed by atoms with Gasteiger partial charge in [0.05, 0.1) is 24.7 Å². The van der Waals surface area contributed by atoms with Crippen molar-refractivity contribution >= 4 is 11.9 Å². The number of nitrogens with two attached hydrogens (primary N) is 1. The summed E-state index contributed by atoms with van der Waals surface area (Å²) in [6.07, 6.45) is 0.119. The van der Waals surface area contributed by atoms with Crippen LogP contribution in [0.25, 0.3) is 0 Å². The summed E-state index contributed by atoms with van der Waals surface area (Å²) in [4.78, 5) is 22.8. The van der Waals surface area contributed by atoms with E-state index in [1.807, 2.05) is 0 Å². The van der Waals surface area contributed by atoms with Crippen molar-refractivity contribution in [3.63, 3.8) is 0 Å². The molecule has 0 spiro atoms. The van der Waals surface area contributed by atoms with Crippen LogP contribution in [0.4, 0.5) is 0 Å². The Labute approximate surface area is 111 Å². The number of carbonyl (C=O) groups excluding carboxylic acids is 1. The first kappa shape index (κ1) is 14.2. The largest absolute Gasteiger partial charge is 0.479 e. The summed E-state index contributed by atoms with van der Waals surface area (Å²) in [6, 6.07) is -0.316. The number of amides is 1. The molecular weight excluding hydrogens is 252 g/mol. The van der Waals surface area contributed by atoms with Crippen molar-refractivity contribution in [2.75, 3.05) is 19.8 Å². The molecule has 0 aromatic rings. The Balaban J connectivity index is 1.80. The van der Waals surface area contributed by atoms with E-state index >= 15 is 0 Å². The van der Waals surface area contributed by atoms with E-state index in [1.54, 1.807) is 6.92 Å². The van der Waals surface area contributed by atoms with Crippen LogP contribution in [0.1, 0.15) is 19.8 Å². The molecule has 2 fully saturated rings. The average molecular weight is 272 g/mol. The molecule has 108 valence electrons. The fraction of sp³-hybridized carbons (Fsp3) is 0.833. The molecule has 2 rings (SSSR count). The van der Waals surface area contributed by atoms with Gasteiger partial charge in [-0.25, -0.2) is 4.79 Å². The predicted octanol–water partition coefficient (Wildman–Crippen LogP) is -0.901. The molecule has 0 aliphatic carbocycles. The predicted molar refractivity (Wildman–Crippen MR) is 65.4 cm³/mol. The number of hydrogen-bond acceptors (Lipinski definition) is 5. The molecule has 2 aliphatic rings. The number of rotatable bonds is 4. The van der Waals surface area contributed by atoms with Crippen LogP contribution >= 0.6 is 0 Å². The monoisotopic (exact) mass is 272 g/mol. The summed E-state index contributed by atoms with van der Waals surface area (Å²) in [6.45, 7) is 2.77. The maximum Gasteiger partial charge on any atom is 0.332 e. The molecule has 2 aliphatic heterocycles. The van der Waals surface area contributed by atoms with E-state index in [0.29, 0.717) is 32.6 Å². The van der Waals surface area contributed by atoms with Gasteiger partial charge in [0.15, 0.2) is 6.10 Å². The average Bonchev–Trinajstić information content (AvgIpc) is 2.95. The topological polar surface area (TPSA) is 111 Å². The molecule has 4 N–H and O–H groups in total. The van der Waals surface area contributed by atoms with Crippen LogP contribution in [-0.4, -0.2) is 55.0 Å². The summed E-state index contributed by atoms with van der Waals surface area (Å²) in [5.74, 6) is -1.12. The zero-order chi connectivity index (χ0) is 14.0. The lowest BCUT2D eigenvalue weighted by atomic mass is 9.85. The minimum absolute atomic E-state index is 0.167. The Kier molecular flexibility index (Phi) is 4.07. The second kappa shape index (κ2) is 5.44. The molecule has 0 saturated carbocycles. The normalized spacial score (nSPS) is 38.3. The van der Waals surface area contributed by atoms with Gasteiger partial charge in [0.1, 0.15) is 0 Å². The van der Waals surface area contributed by atoms with Crippen LogP contribution in [0.2, 0.25) is 0 Å². The molecule has 4 unspecified atom stereocenters. The molecule has 1 amide bonds. The van der Waals surface area contributed by atoms with Crippen LogP contribution < -0.4 is 11.1 Å². The van der Waals surface area contributed by atoms with Crippen molar-refractivity contribution in [2.45, 2.75) is 38.0 Å². The molecule has 2 saturated heterocycles. The number of ether oxygens (including phenoxy) is 2. The van der Waals surface area contributed by atoms with Crippen molar-refractivity contribution < 1.29 is 24.2 Å². The third-order valence-corrected chi connectivity index (χ3v) is 3.91. The van der Waals surface area contributed by atoms with E-state index in [1.165, 1.54) is 0 Å². The number of nitrogens with one attached hydrogen (secondary N) is 1. The lowest BCUT2D eigenvalue weighted by Crippen LogP contribution is -2.51. The Morgan fingerprint density at radius 2 is 2.21 bits per heavy atom. The highest BCUT2D eigenvalue weighted by atomic mass is 16.5. The van der Waals surface area contributed by atoms with Gasteiger partial charge >= 0.3 is 5.97 Å². The van der Waals surface area contributed by atoms with Gasteiger partial charge in [-0.2, -0.15) is 0 Å². The van der Waals surface area contributed by atoms with Gasteiger partial charge in [-0.15, -0.1) is 0 Å². The Bertz CT molecular complexity index is 375. The van der Waals surface area contributed by atoms with Gasteiger partial charge in [-0.3, -0.25) is 4.79 Å². The lowest BCUT2D eigenvalue weighted by molar-refractivity contribution is -0.149. The van der Waals surface area contributed by atoms with Crippen molar-refractivity contribution in [3.05, 3.63) is 0 Å². The maximum absolute atomic E-state index is 12.1. The van der Waals surface area contributed by atoms with E-state index in [2.05, 4.69) is 5.32 Å². The second-order valence-corrected chi connectivity index (χ2v) is 5.41. The molecule has 7 heteroatoms. The van der Waals surface area contributed by atoms with Crippen molar-refractivity contribution in [1.29, 1.82) is 0 Å². The molecule has 7 nitrogen and oxygen atoms in total. The first-order valence-electron chi connectivity index (χ1n) is 6.43. The zero-order valence-corrected chi connectivity index (χ0v) is 10.9. The maximum atomic E-state index is 12.1. The number of carboxylic acids is 1. The Morgan fingerprint density at radius 3 is 2.74 bits per heavy atom. The standard InChI is InChI=1S/C12H20N2O5/c1-12(6-18-5-9(12)13)11(17)14-4-7-2-3-8(19-7)10(15)16/h7-9H,2-6,13H2,1H3,(H,14,17)(H,15,16). The SMILES string of the molecule is CC1(C(=O)NCC2CCC(C(=O)O)O2)COCC1N. The molecule has 0 aromatic carbocycles. The molecule has 0 aromatic heterocycles. The smallest absolute Gasteiger partial charge is 0.332 e. The van der Waals surface area contributed by atoms with Gasteiger partial charge < -0.3 is 25.6 Å². The Hall–Kier alpha value is -1.18. The van der Waals surface area contributed by atoms with Crippen molar-refractivity contribution in [1.82, 2.24) is 5.32 Å². The van der Waals surface area contributed by atoms with Crippen molar-refractivity contribution in [3.8, 4) is 0 Å². The zero-order valence-electron chi connectivity index (χ0n) is 10.9. The number of hydrogen-bond donors (Lipinski definition) is 3. The fourth-order valence-electron chi connectivity index (χ4n) is 2.37. The summed E-state index contributed by atoms with van der Waals surface area (Å²) in [5.41, 5.74) is 5.15. The van der Waals surface area contributed by atoms with Crippen LogP contribution in [-0.2, 0) is 19.1 Å². The lowest BCUT2D eigenvalue weighted by Gasteiger charge is -2.26. The summed E-state index contributed by atoms with van der Waals surface area (Å²) in [7, 11) is 0. The van der Waals surface area contributed by atoms with Crippen LogP contribution in [0.3, 0.4) is 0 Å². The van der Waals surface area contributed by atoms with Gasteiger partial charge in [-0.05, 0) is 19.8 Å². The van der Waals surface area contributed by atoms with Crippen molar-refractivity contribution in [2.24, 2.45) is 11.1 Å². The third-order valence-electron chi connectivity index (χ3n) is 3.91. The van der Waals surface area contributed by atoms with Gasteiger partial charge in [0.25, 0.3) is 0 Å². The van der Waals surface area contributed by atoms with E-state index in [-0.39, 0.29) is 18.1 Å². The van der Waals surface area contributed by atoms with E-state index < -0.39 is 17.5 Å². The summed E-state index contributed by atoms with van der Waals surface area (Å²) in [5, 5.41) is 11.6. The highest BCUT2D eigenvalue weighted by Crippen LogP contribution is 2.27. The van der Waals surface area contributed by atoms with Gasteiger partial charge in [-0.1, -0.05) is 0 Å². The quantitative estimate of drug-likeness (QED) is 0.611. The summed E-state index contributed by atoms with van der Waals surface area (Å²) < 4.78 is 10.5. The molecular formula is C12H20N2O5. The van der Waals surface area contributed by atoms with Gasteiger partial charge in [0.2, 0.25) is 5.91 Å². The number of carbonyl (C=O) groups is 2. The van der Waals surface area contributed by atoms with Crippen LogP contribution in [0.15, 0.2) is 0 Å². The van der Waals surface area contributed by atoms with Crippen LogP contribution in [0.5, 0.6) is 0 Å². The minimum Gasteiger partial charge on any atom is -0.479 e. The number of carboxylic acid groups (broad SMARTS) is 1. The fourth-order valence-corrected chi connectivity index (χ4v) is 2.37. The van der Waals surface area contributed by atoms with Crippen LogP contribution in [0, 0.1) is 5.41 Å². The van der Waals surface area contributed by atoms with E-state index in [0.717, 1.165) is 0 Å². The van der Waals surface area contributed by atoms with E-state index in [9.17, 15) is 9.59 Å². The highest BCUT2D eigenvalue weighted by molar-refractivity contribution is 5.83. The first-order valence-corrected chi connectivity index (χ1v) is 6.43. The Morgan fingerprint density at radius 1 is 1.47 bits per heavy atom. The molecule has 2 heterocycles. The highest BCUT2D eigenvalue weighted by Gasteiger charge is 2.44. The molecule has 0 bridgehead atoms. The second-order valence-electron chi connectivity index (χ2n) is 5.41. The minimum atomic E-state index is -0.952. The molecule has 19 heavy (non-hydrogen) atoms. The summed E-state index contributed by atoms with van der Waals surface area (Å²) >= 11 is 0. The van der Waals surface area contributed by atoms with E-state index in [4.69, 9.17) is 20.3 Å². The number of aliphatic carboxylic acids is 1. The van der Waals surface area contributed by atoms with Gasteiger partial charge in [0, 0.05) is 12.6 Å². The first-order chi connectivity index (χ1) is 8.93. The molecule has 0 radical (unpaired) electrons. The molecule has 4 atom stereocenters.